The largest absolute Gasteiger partial charge is 0.391 e. The Hall–Kier alpha value is -1.18. The summed E-state index contributed by atoms with van der Waals surface area (Å²) in [5.41, 5.74) is 1.16. The number of nitrogens with zero attached hydrogens (tertiary/aromatic N) is 2. The van der Waals surface area contributed by atoms with Gasteiger partial charge in [-0.1, -0.05) is 6.42 Å². The molecule has 0 aromatic carbocycles. The second kappa shape index (κ2) is 6.61. The SMILES string of the molecule is CC(O)C1CN(C(=O)Nc2nc(C3CC4CCC3C4)cs2)CCO1. The molecule has 2 aliphatic carbocycles. The number of aromatic nitrogens is 1. The number of rotatable bonds is 3. The summed E-state index contributed by atoms with van der Waals surface area (Å²) in [4.78, 5) is 18.8. The third-order valence-electron chi connectivity index (χ3n) is 5.77. The van der Waals surface area contributed by atoms with E-state index in [2.05, 4.69) is 15.7 Å². The molecule has 2 bridgehead atoms. The Morgan fingerprint density at radius 1 is 1.50 bits per heavy atom. The first-order valence-electron chi connectivity index (χ1n) is 8.91. The Bertz CT molecular complexity index is 606. The van der Waals surface area contributed by atoms with Gasteiger partial charge in [-0.3, -0.25) is 5.32 Å². The first kappa shape index (κ1) is 16.3. The molecule has 0 radical (unpaired) electrons. The molecule has 1 aromatic rings. The fourth-order valence-electron chi connectivity index (χ4n) is 4.44. The third kappa shape index (κ3) is 3.17. The maximum atomic E-state index is 12.4. The number of thiazole rings is 1. The number of fused-ring (bicyclic) bond motifs is 2. The Kier molecular flexibility index (Phi) is 4.49. The molecule has 24 heavy (non-hydrogen) atoms. The Morgan fingerprint density at radius 3 is 3.08 bits per heavy atom. The van der Waals surface area contributed by atoms with Crippen molar-refractivity contribution in [1.29, 1.82) is 0 Å². The average Bonchev–Trinajstić information content (AvgIpc) is 3.31. The summed E-state index contributed by atoms with van der Waals surface area (Å²) in [6.45, 7) is 3.10. The van der Waals surface area contributed by atoms with E-state index in [1.54, 1.807) is 11.8 Å². The fourth-order valence-corrected chi connectivity index (χ4v) is 5.21. The highest BCUT2D eigenvalue weighted by atomic mass is 32.1. The van der Waals surface area contributed by atoms with Crippen LogP contribution in [0.25, 0.3) is 0 Å². The maximum absolute atomic E-state index is 12.4. The number of anilines is 1. The van der Waals surface area contributed by atoms with Crippen LogP contribution < -0.4 is 5.32 Å². The van der Waals surface area contributed by atoms with Crippen LogP contribution in [0.5, 0.6) is 0 Å². The molecule has 5 unspecified atom stereocenters. The molecule has 2 N–H and O–H groups in total. The predicted molar refractivity (Wildman–Crippen MR) is 92.3 cm³/mol. The summed E-state index contributed by atoms with van der Waals surface area (Å²) >= 11 is 1.51. The lowest BCUT2D eigenvalue weighted by molar-refractivity contribution is -0.0709. The van der Waals surface area contributed by atoms with Crippen molar-refractivity contribution in [1.82, 2.24) is 9.88 Å². The van der Waals surface area contributed by atoms with Crippen LogP contribution in [0.15, 0.2) is 5.38 Å². The standard InChI is InChI=1S/C17H25N3O3S/c1-10(21)15-8-20(4-5-23-15)17(22)19-16-18-14(9-24-16)13-7-11-2-3-12(13)6-11/h9-13,15,21H,2-8H2,1H3,(H,18,19,22). The molecule has 132 valence electrons. The van der Waals surface area contributed by atoms with Crippen molar-refractivity contribution in [2.24, 2.45) is 11.8 Å². The lowest BCUT2D eigenvalue weighted by atomic mass is 9.87. The maximum Gasteiger partial charge on any atom is 0.323 e. The van der Waals surface area contributed by atoms with Crippen LogP contribution >= 0.6 is 11.3 Å². The Morgan fingerprint density at radius 2 is 2.38 bits per heavy atom. The van der Waals surface area contributed by atoms with Crippen molar-refractivity contribution < 1.29 is 14.6 Å². The number of carbonyl (C=O) groups excluding carboxylic acids is 1. The first-order valence-corrected chi connectivity index (χ1v) is 9.79. The van der Waals surface area contributed by atoms with Crippen LogP contribution in [0.1, 0.15) is 44.2 Å². The van der Waals surface area contributed by atoms with E-state index in [4.69, 9.17) is 4.74 Å². The number of aliphatic hydroxyl groups excluding tert-OH is 1. The van der Waals surface area contributed by atoms with Crippen molar-refractivity contribution in [2.45, 2.75) is 50.7 Å². The van der Waals surface area contributed by atoms with Gasteiger partial charge in [-0.25, -0.2) is 9.78 Å². The molecule has 3 aliphatic rings. The van der Waals surface area contributed by atoms with E-state index in [-0.39, 0.29) is 12.1 Å². The summed E-state index contributed by atoms with van der Waals surface area (Å²) in [6.07, 6.45) is 4.45. The van der Waals surface area contributed by atoms with Gasteiger partial charge in [-0.15, -0.1) is 11.3 Å². The predicted octanol–water partition coefficient (Wildman–Crippen LogP) is 2.66. The van der Waals surface area contributed by atoms with Gasteiger partial charge in [0.05, 0.1) is 24.9 Å². The van der Waals surface area contributed by atoms with E-state index >= 15 is 0 Å². The number of morpholine rings is 1. The zero-order valence-electron chi connectivity index (χ0n) is 14.0. The first-order chi connectivity index (χ1) is 11.6. The molecule has 7 heteroatoms. The van der Waals surface area contributed by atoms with Gasteiger partial charge in [0.15, 0.2) is 5.13 Å². The van der Waals surface area contributed by atoms with Gasteiger partial charge >= 0.3 is 6.03 Å². The Balaban J connectivity index is 1.36. The summed E-state index contributed by atoms with van der Waals surface area (Å²) in [7, 11) is 0. The summed E-state index contributed by atoms with van der Waals surface area (Å²) < 4.78 is 5.49. The van der Waals surface area contributed by atoms with Crippen LogP contribution in [0, 0.1) is 11.8 Å². The number of ether oxygens (including phenoxy) is 1. The molecule has 2 saturated carbocycles. The lowest BCUT2D eigenvalue weighted by Gasteiger charge is -2.33. The highest BCUT2D eigenvalue weighted by molar-refractivity contribution is 7.13. The smallest absolute Gasteiger partial charge is 0.323 e. The number of carbonyl (C=O) groups is 1. The van der Waals surface area contributed by atoms with Gasteiger partial charge in [0.2, 0.25) is 0 Å². The molecule has 0 spiro atoms. The van der Waals surface area contributed by atoms with Crippen molar-refractivity contribution in [2.75, 3.05) is 25.0 Å². The zero-order chi connectivity index (χ0) is 16.7. The molecule has 1 aromatic heterocycles. The molecule has 5 atom stereocenters. The van der Waals surface area contributed by atoms with Crippen LogP contribution in [0.4, 0.5) is 9.93 Å². The molecule has 6 nitrogen and oxygen atoms in total. The minimum atomic E-state index is -0.579. The van der Waals surface area contributed by atoms with E-state index in [0.29, 0.717) is 30.7 Å². The molecular formula is C17H25N3O3S. The normalized spacial score (nSPS) is 33.7. The molecule has 1 aliphatic heterocycles. The van der Waals surface area contributed by atoms with E-state index < -0.39 is 6.10 Å². The zero-order valence-corrected chi connectivity index (χ0v) is 14.8. The van der Waals surface area contributed by atoms with Crippen molar-refractivity contribution in [3.05, 3.63) is 11.1 Å². The quantitative estimate of drug-likeness (QED) is 0.878. The summed E-state index contributed by atoms with van der Waals surface area (Å²) in [6, 6.07) is -0.155. The number of nitrogens with one attached hydrogen (secondary N) is 1. The van der Waals surface area contributed by atoms with Crippen LogP contribution in [0.3, 0.4) is 0 Å². The van der Waals surface area contributed by atoms with E-state index in [1.165, 1.54) is 37.0 Å². The topological polar surface area (TPSA) is 74.7 Å². The van der Waals surface area contributed by atoms with Crippen LogP contribution in [-0.4, -0.2) is 52.9 Å². The van der Waals surface area contributed by atoms with E-state index in [0.717, 1.165) is 17.5 Å². The van der Waals surface area contributed by atoms with Crippen molar-refractivity contribution in [3.8, 4) is 0 Å². The molecule has 4 rings (SSSR count). The van der Waals surface area contributed by atoms with Crippen LogP contribution in [-0.2, 0) is 4.74 Å². The second-order valence-electron chi connectivity index (χ2n) is 7.38. The highest BCUT2D eigenvalue weighted by Gasteiger charge is 2.41. The average molecular weight is 351 g/mol. The van der Waals surface area contributed by atoms with Gasteiger partial charge < -0.3 is 14.7 Å². The fraction of sp³-hybridized carbons (Fsp3) is 0.765. The molecule has 2 amide bonds. The number of urea groups is 1. The minimum absolute atomic E-state index is 0.155. The Labute approximate surface area is 146 Å². The van der Waals surface area contributed by atoms with Gasteiger partial charge in [-0.2, -0.15) is 0 Å². The van der Waals surface area contributed by atoms with Crippen molar-refractivity contribution >= 4 is 22.5 Å². The number of amides is 2. The van der Waals surface area contributed by atoms with Crippen LogP contribution in [0.2, 0.25) is 0 Å². The number of aliphatic hydroxyl groups is 1. The van der Waals surface area contributed by atoms with E-state index in [9.17, 15) is 9.90 Å². The second-order valence-corrected chi connectivity index (χ2v) is 8.24. The minimum Gasteiger partial charge on any atom is -0.391 e. The van der Waals surface area contributed by atoms with Gasteiger partial charge in [0.25, 0.3) is 0 Å². The van der Waals surface area contributed by atoms with Crippen molar-refractivity contribution in [3.63, 3.8) is 0 Å². The molecular weight excluding hydrogens is 326 g/mol. The van der Waals surface area contributed by atoms with E-state index in [1.807, 2.05) is 0 Å². The van der Waals surface area contributed by atoms with Gasteiger partial charge in [0, 0.05) is 17.8 Å². The number of hydrogen-bond acceptors (Lipinski definition) is 5. The van der Waals surface area contributed by atoms with Gasteiger partial charge in [-0.05, 0) is 38.0 Å². The van der Waals surface area contributed by atoms with Gasteiger partial charge in [0.1, 0.15) is 6.10 Å². The third-order valence-corrected chi connectivity index (χ3v) is 6.55. The summed E-state index contributed by atoms with van der Waals surface area (Å²) in [5.74, 6) is 2.28. The molecule has 1 saturated heterocycles. The summed E-state index contributed by atoms with van der Waals surface area (Å²) in [5, 5.41) is 15.4. The number of hydrogen-bond donors (Lipinski definition) is 2. The highest BCUT2D eigenvalue weighted by Crippen LogP contribution is 2.52. The monoisotopic (exact) mass is 351 g/mol. The molecule has 3 fully saturated rings. The molecule has 2 heterocycles. The lowest BCUT2D eigenvalue weighted by Crippen LogP contribution is -2.50.